The van der Waals surface area contributed by atoms with Crippen LogP contribution in [-0.4, -0.2) is 36.5 Å². The second-order valence-corrected chi connectivity index (χ2v) is 5.65. The normalized spacial score (nSPS) is 33.9. The van der Waals surface area contributed by atoms with E-state index >= 15 is 0 Å². The lowest BCUT2D eigenvalue weighted by Crippen LogP contribution is -2.51. The van der Waals surface area contributed by atoms with Crippen LogP contribution in [0.5, 0.6) is 0 Å². The molecule has 3 nitrogen and oxygen atoms in total. The Labute approximate surface area is 105 Å². The van der Waals surface area contributed by atoms with Gasteiger partial charge in [0.2, 0.25) is 0 Å². The summed E-state index contributed by atoms with van der Waals surface area (Å²) in [6.07, 6.45) is 9.08. The minimum atomic E-state index is -0.0161. The highest BCUT2D eigenvalue weighted by atomic mass is 16.5. The molecular weight excluding hydrogens is 214 g/mol. The maximum absolute atomic E-state index is 9.68. The molecule has 0 heterocycles. The van der Waals surface area contributed by atoms with E-state index in [-0.39, 0.29) is 12.1 Å². The maximum Gasteiger partial charge on any atom is 0.0616 e. The molecule has 0 aromatic heterocycles. The van der Waals surface area contributed by atoms with Crippen LogP contribution in [0.15, 0.2) is 0 Å². The summed E-state index contributed by atoms with van der Waals surface area (Å²) in [6, 6.07) is 0. The van der Waals surface area contributed by atoms with Crippen LogP contribution in [0.25, 0.3) is 0 Å². The van der Waals surface area contributed by atoms with Crippen molar-refractivity contribution in [3.63, 3.8) is 0 Å². The van der Waals surface area contributed by atoms with Crippen LogP contribution >= 0.6 is 0 Å². The highest BCUT2D eigenvalue weighted by Crippen LogP contribution is 2.38. The molecule has 0 spiro atoms. The van der Waals surface area contributed by atoms with Crippen molar-refractivity contribution >= 4 is 0 Å². The minimum Gasteiger partial charge on any atom is -0.394 e. The van der Waals surface area contributed by atoms with E-state index in [4.69, 9.17) is 4.74 Å². The van der Waals surface area contributed by atoms with Crippen LogP contribution < -0.4 is 5.32 Å². The molecule has 0 aromatic carbocycles. The van der Waals surface area contributed by atoms with Gasteiger partial charge in [-0.05, 0) is 51.0 Å². The first-order valence-electron chi connectivity index (χ1n) is 7.28. The molecule has 2 aliphatic rings. The first kappa shape index (κ1) is 13.3. The van der Waals surface area contributed by atoms with E-state index < -0.39 is 0 Å². The van der Waals surface area contributed by atoms with Gasteiger partial charge in [-0.3, -0.25) is 0 Å². The molecule has 0 aromatic rings. The molecule has 17 heavy (non-hydrogen) atoms. The summed E-state index contributed by atoms with van der Waals surface area (Å²) < 4.78 is 5.85. The zero-order valence-electron chi connectivity index (χ0n) is 11.1. The van der Waals surface area contributed by atoms with Gasteiger partial charge >= 0.3 is 0 Å². The third-order valence-electron chi connectivity index (χ3n) is 4.64. The summed E-state index contributed by atoms with van der Waals surface area (Å²) in [5.74, 6) is 0.590. The predicted octanol–water partition coefficient (Wildman–Crippen LogP) is 2.09. The Hall–Kier alpha value is -0.120. The lowest BCUT2D eigenvalue weighted by atomic mass is 9.85. The minimum absolute atomic E-state index is 0.0161. The van der Waals surface area contributed by atoms with E-state index in [2.05, 4.69) is 12.2 Å². The number of ether oxygens (including phenoxy) is 1. The third kappa shape index (κ3) is 3.01. The van der Waals surface area contributed by atoms with E-state index in [9.17, 15) is 5.11 Å². The van der Waals surface area contributed by atoms with Crippen LogP contribution in [0, 0.1) is 5.92 Å². The number of rotatable bonds is 7. The van der Waals surface area contributed by atoms with Crippen LogP contribution in [-0.2, 0) is 4.74 Å². The van der Waals surface area contributed by atoms with Gasteiger partial charge in [0.25, 0.3) is 0 Å². The van der Waals surface area contributed by atoms with Crippen molar-refractivity contribution < 1.29 is 9.84 Å². The van der Waals surface area contributed by atoms with Gasteiger partial charge in [0.05, 0.1) is 12.7 Å². The largest absolute Gasteiger partial charge is 0.394 e. The average Bonchev–Trinajstić information content (AvgIpc) is 2.66. The fourth-order valence-corrected chi connectivity index (χ4v) is 3.33. The predicted molar refractivity (Wildman–Crippen MR) is 69.0 cm³/mol. The van der Waals surface area contributed by atoms with E-state index in [1.807, 2.05) is 0 Å². The number of likely N-dealkylation sites (N-methyl/N-ethyl adjacent to an activating group) is 1. The lowest BCUT2D eigenvalue weighted by Gasteiger charge is -2.35. The first-order valence-corrected chi connectivity index (χ1v) is 7.28. The highest BCUT2D eigenvalue weighted by Gasteiger charge is 2.41. The van der Waals surface area contributed by atoms with Crippen molar-refractivity contribution in [1.29, 1.82) is 0 Å². The molecule has 0 radical (unpaired) electrons. The molecule has 2 rings (SSSR count). The Kier molecular flexibility index (Phi) is 4.83. The van der Waals surface area contributed by atoms with Crippen LogP contribution in [0.2, 0.25) is 0 Å². The Morgan fingerprint density at radius 1 is 1.29 bits per heavy atom. The standard InChI is InChI=1S/C14H27NO2/c1-2-15-14(11-16)9-4-5-12(14)8-10-17-13-6-3-7-13/h12-13,15-16H,2-11H2,1H3. The quantitative estimate of drug-likeness (QED) is 0.717. The fraction of sp³-hybridized carbons (Fsp3) is 1.00. The molecule has 2 fully saturated rings. The zero-order chi connectivity index (χ0) is 12.1. The van der Waals surface area contributed by atoms with Crippen LogP contribution in [0.4, 0.5) is 0 Å². The number of aliphatic hydroxyl groups is 1. The smallest absolute Gasteiger partial charge is 0.0616 e. The van der Waals surface area contributed by atoms with E-state index in [0.717, 1.165) is 26.0 Å². The van der Waals surface area contributed by atoms with Gasteiger partial charge in [-0.25, -0.2) is 0 Å². The number of nitrogens with one attached hydrogen (secondary N) is 1. The summed E-state index contributed by atoms with van der Waals surface area (Å²) in [5.41, 5.74) is -0.0161. The fourth-order valence-electron chi connectivity index (χ4n) is 3.33. The number of aliphatic hydroxyl groups excluding tert-OH is 1. The molecule has 3 heteroatoms. The van der Waals surface area contributed by atoms with Crippen molar-refractivity contribution in [2.45, 2.75) is 63.5 Å². The second-order valence-electron chi connectivity index (χ2n) is 5.65. The molecule has 0 saturated heterocycles. The Morgan fingerprint density at radius 2 is 2.12 bits per heavy atom. The number of hydrogen-bond donors (Lipinski definition) is 2. The van der Waals surface area contributed by atoms with Crippen LogP contribution in [0.1, 0.15) is 51.9 Å². The third-order valence-corrected chi connectivity index (χ3v) is 4.64. The molecule has 2 N–H and O–H groups in total. The van der Waals surface area contributed by atoms with Gasteiger partial charge in [-0.2, -0.15) is 0 Å². The molecule has 100 valence electrons. The van der Waals surface area contributed by atoms with E-state index in [1.54, 1.807) is 0 Å². The average molecular weight is 241 g/mol. The van der Waals surface area contributed by atoms with Crippen molar-refractivity contribution in [2.75, 3.05) is 19.8 Å². The Balaban J connectivity index is 1.76. The molecule has 2 saturated carbocycles. The monoisotopic (exact) mass is 241 g/mol. The van der Waals surface area contributed by atoms with E-state index in [1.165, 1.54) is 32.1 Å². The summed E-state index contributed by atoms with van der Waals surface area (Å²) >= 11 is 0. The highest BCUT2D eigenvalue weighted by molar-refractivity contribution is 4.98. The van der Waals surface area contributed by atoms with Gasteiger partial charge in [-0.1, -0.05) is 13.3 Å². The number of hydrogen-bond acceptors (Lipinski definition) is 3. The second kappa shape index (κ2) is 6.17. The van der Waals surface area contributed by atoms with Crippen LogP contribution in [0.3, 0.4) is 0 Å². The topological polar surface area (TPSA) is 41.5 Å². The van der Waals surface area contributed by atoms with Crippen molar-refractivity contribution in [3.8, 4) is 0 Å². The molecule has 0 bridgehead atoms. The van der Waals surface area contributed by atoms with Gasteiger partial charge in [0.1, 0.15) is 0 Å². The van der Waals surface area contributed by atoms with Crippen molar-refractivity contribution in [3.05, 3.63) is 0 Å². The summed E-state index contributed by atoms with van der Waals surface area (Å²) in [4.78, 5) is 0. The first-order chi connectivity index (χ1) is 8.30. The summed E-state index contributed by atoms with van der Waals surface area (Å²) in [6.45, 7) is 4.22. The molecule has 2 atom stereocenters. The van der Waals surface area contributed by atoms with E-state index in [0.29, 0.717) is 12.0 Å². The summed E-state index contributed by atoms with van der Waals surface area (Å²) in [5, 5.41) is 13.2. The molecule has 0 aliphatic heterocycles. The van der Waals surface area contributed by atoms with Gasteiger partial charge < -0.3 is 15.2 Å². The van der Waals surface area contributed by atoms with Crippen molar-refractivity contribution in [2.24, 2.45) is 5.92 Å². The summed E-state index contributed by atoms with van der Waals surface area (Å²) in [7, 11) is 0. The molecular formula is C14H27NO2. The Bertz CT molecular complexity index is 230. The maximum atomic E-state index is 9.68. The molecule has 0 amide bonds. The van der Waals surface area contributed by atoms with Gasteiger partial charge in [0, 0.05) is 12.1 Å². The van der Waals surface area contributed by atoms with Gasteiger partial charge in [0.15, 0.2) is 0 Å². The SMILES string of the molecule is CCNC1(CO)CCCC1CCOC1CCC1. The molecule has 2 aliphatic carbocycles. The van der Waals surface area contributed by atoms with Gasteiger partial charge in [-0.15, -0.1) is 0 Å². The zero-order valence-corrected chi connectivity index (χ0v) is 11.1. The van der Waals surface area contributed by atoms with Crippen molar-refractivity contribution in [1.82, 2.24) is 5.32 Å². The molecule has 2 unspecified atom stereocenters. The Morgan fingerprint density at radius 3 is 2.71 bits per heavy atom. The lowest BCUT2D eigenvalue weighted by molar-refractivity contribution is -0.0102.